The molecule has 1 heterocycles. The molecule has 0 aliphatic carbocycles. The van der Waals surface area contributed by atoms with Gasteiger partial charge in [-0.15, -0.1) is 0 Å². The zero-order valence-electron chi connectivity index (χ0n) is 10.2. The molecule has 0 aromatic heterocycles. The number of halogens is 2. The zero-order chi connectivity index (χ0) is 14.0. The fourth-order valence-corrected chi connectivity index (χ4v) is 2.79. The van der Waals surface area contributed by atoms with E-state index in [4.69, 9.17) is 17.3 Å². The van der Waals surface area contributed by atoms with E-state index in [9.17, 15) is 9.59 Å². The van der Waals surface area contributed by atoms with Gasteiger partial charge in [-0.25, -0.2) is 0 Å². The third kappa shape index (κ3) is 3.28. The molecule has 0 spiro atoms. The number of amides is 2. The lowest BCUT2D eigenvalue weighted by atomic mass is 9.97. The average molecular weight is 346 g/mol. The highest BCUT2D eigenvalue weighted by Gasteiger charge is 2.28. The molecule has 1 fully saturated rings. The van der Waals surface area contributed by atoms with Crippen molar-refractivity contribution in [3.05, 3.63) is 33.3 Å². The summed E-state index contributed by atoms with van der Waals surface area (Å²) in [7, 11) is 0. The molecule has 1 saturated heterocycles. The Hall–Kier alpha value is -1.07. The molecule has 0 unspecified atom stereocenters. The number of primary amides is 1. The van der Waals surface area contributed by atoms with Gasteiger partial charge in [0.25, 0.3) is 5.91 Å². The van der Waals surface area contributed by atoms with Crippen molar-refractivity contribution in [1.29, 1.82) is 0 Å². The lowest BCUT2D eigenvalue weighted by molar-refractivity contribution is -0.123. The number of hydrogen-bond acceptors (Lipinski definition) is 2. The summed E-state index contributed by atoms with van der Waals surface area (Å²) >= 11 is 9.37. The van der Waals surface area contributed by atoms with Gasteiger partial charge in [-0.05, 0) is 31.0 Å². The van der Waals surface area contributed by atoms with Crippen molar-refractivity contribution in [3.63, 3.8) is 0 Å². The summed E-state index contributed by atoms with van der Waals surface area (Å²) in [6, 6.07) is 5.15. The van der Waals surface area contributed by atoms with Crippen LogP contribution in [0, 0.1) is 5.92 Å². The van der Waals surface area contributed by atoms with Gasteiger partial charge in [0.05, 0.1) is 16.5 Å². The first kappa shape index (κ1) is 14.3. The standard InChI is InChI=1S/C13H14BrClN2O2/c14-9-3-4-11(15)10(6-9)13(19)17-5-1-2-8(7-17)12(16)18/h3-4,6,8H,1-2,5,7H2,(H2,16,18)/t8-/m1/s1. The Bertz CT molecular complexity index is 521. The minimum atomic E-state index is -0.349. The second kappa shape index (κ2) is 5.92. The predicted octanol–water partition coefficient (Wildman–Crippen LogP) is 2.44. The number of rotatable bonds is 2. The van der Waals surface area contributed by atoms with Crippen LogP contribution >= 0.6 is 27.5 Å². The Morgan fingerprint density at radius 3 is 2.84 bits per heavy atom. The summed E-state index contributed by atoms with van der Waals surface area (Å²) in [6.07, 6.45) is 1.52. The molecule has 102 valence electrons. The second-order valence-corrected chi connectivity index (χ2v) is 5.94. The summed E-state index contributed by atoms with van der Waals surface area (Å²) < 4.78 is 0.795. The van der Waals surface area contributed by atoms with Gasteiger partial charge in [-0.1, -0.05) is 27.5 Å². The SMILES string of the molecule is NC(=O)[C@@H]1CCCN(C(=O)c2cc(Br)ccc2Cl)C1. The lowest BCUT2D eigenvalue weighted by Gasteiger charge is -2.31. The number of benzene rings is 1. The first-order valence-corrected chi connectivity index (χ1v) is 7.20. The van der Waals surface area contributed by atoms with Crippen molar-refractivity contribution >= 4 is 39.3 Å². The van der Waals surface area contributed by atoms with E-state index in [1.54, 1.807) is 23.1 Å². The topological polar surface area (TPSA) is 63.4 Å². The number of carbonyl (C=O) groups excluding carboxylic acids is 2. The van der Waals surface area contributed by atoms with E-state index in [0.29, 0.717) is 23.7 Å². The molecule has 4 nitrogen and oxygen atoms in total. The van der Waals surface area contributed by atoms with Crippen LogP contribution in [-0.4, -0.2) is 29.8 Å². The lowest BCUT2D eigenvalue weighted by Crippen LogP contribution is -2.44. The molecule has 2 amide bonds. The van der Waals surface area contributed by atoms with Gasteiger partial charge in [-0.2, -0.15) is 0 Å². The maximum absolute atomic E-state index is 12.4. The largest absolute Gasteiger partial charge is 0.369 e. The Morgan fingerprint density at radius 2 is 2.16 bits per heavy atom. The van der Waals surface area contributed by atoms with Crippen LogP contribution in [0.25, 0.3) is 0 Å². The molecule has 2 N–H and O–H groups in total. The van der Waals surface area contributed by atoms with E-state index in [1.165, 1.54) is 0 Å². The van der Waals surface area contributed by atoms with E-state index in [0.717, 1.165) is 17.3 Å². The van der Waals surface area contributed by atoms with Crippen LogP contribution in [0.4, 0.5) is 0 Å². The molecule has 6 heteroatoms. The van der Waals surface area contributed by atoms with E-state index < -0.39 is 0 Å². The zero-order valence-corrected chi connectivity index (χ0v) is 12.6. The Labute approximate surface area is 125 Å². The van der Waals surface area contributed by atoms with Crippen molar-refractivity contribution in [2.45, 2.75) is 12.8 Å². The highest BCUT2D eigenvalue weighted by molar-refractivity contribution is 9.10. The summed E-state index contributed by atoms with van der Waals surface area (Å²) in [5.41, 5.74) is 5.76. The van der Waals surface area contributed by atoms with Gasteiger partial charge in [0.15, 0.2) is 0 Å². The molecule has 1 aliphatic rings. The molecule has 1 atom stereocenters. The van der Waals surface area contributed by atoms with Gasteiger partial charge in [0, 0.05) is 17.6 Å². The van der Waals surface area contributed by atoms with Crippen molar-refractivity contribution in [2.24, 2.45) is 11.7 Å². The third-order valence-corrected chi connectivity index (χ3v) is 4.09. The van der Waals surface area contributed by atoms with Gasteiger partial charge < -0.3 is 10.6 Å². The normalized spacial score (nSPS) is 19.3. The number of nitrogens with two attached hydrogens (primary N) is 1. The van der Waals surface area contributed by atoms with E-state index >= 15 is 0 Å². The van der Waals surface area contributed by atoms with Crippen molar-refractivity contribution in [2.75, 3.05) is 13.1 Å². The van der Waals surface area contributed by atoms with E-state index in [2.05, 4.69) is 15.9 Å². The summed E-state index contributed by atoms with van der Waals surface area (Å²) in [4.78, 5) is 25.3. The van der Waals surface area contributed by atoms with Crippen LogP contribution in [0.1, 0.15) is 23.2 Å². The number of piperidine rings is 1. The predicted molar refractivity (Wildman–Crippen MR) is 77.0 cm³/mol. The van der Waals surface area contributed by atoms with Crippen LogP contribution in [-0.2, 0) is 4.79 Å². The maximum Gasteiger partial charge on any atom is 0.255 e. The summed E-state index contributed by atoms with van der Waals surface area (Å²) in [6.45, 7) is 1.00. The molecule has 0 saturated carbocycles. The number of carbonyl (C=O) groups is 2. The van der Waals surface area contributed by atoms with Crippen molar-refractivity contribution < 1.29 is 9.59 Å². The fraction of sp³-hybridized carbons (Fsp3) is 0.385. The molecule has 0 bridgehead atoms. The van der Waals surface area contributed by atoms with Crippen LogP contribution < -0.4 is 5.73 Å². The molecular weight excluding hydrogens is 332 g/mol. The molecule has 1 aliphatic heterocycles. The van der Waals surface area contributed by atoms with Crippen LogP contribution in [0.2, 0.25) is 5.02 Å². The highest BCUT2D eigenvalue weighted by atomic mass is 79.9. The number of hydrogen-bond donors (Lipinski definition) is 1. The maximum atomic E-state index is 12.4. The number of likely N-dealkylation sites (tertiary alicyclic amines) is 1. The van der Waals surface area contributed by atoms with Crippen LogP contribution in [0.5, 0.6) is 0 Å². The minimum absolute atomic E-state index is 0.155. The molecule has 1 aromatic carbocycles. The van der Waals surface area contributed by atoms with E-state index in [-0.39, 0.29) is 17.7 Å². The molecule has 0 radical (unpaired) electrons. The third-order valence-electron chi connectivity index (χ3n) is 3.27. The van der Waals surface area contributed by atoms with Gasteiger partial charge in [0.1, 0.15) is 0 Å². The second-order valence-electron chi connectivity index (χ2n) is 4.62. The minimum Gasteiger partial charge on any atom is -0.369 e. The van der Waals surface area contributed by atoms with Crippen LogP contribution in [0.3, 0.4) is 0 Å². The van der Waals surface area contributed by atoms with Crippen molar-refractivity contribution in [3.8, 4) is 0 Å². The van der Waals surface area contributed by atoms with Crippen molar-refractivity contribution in [1.82, 2.24) is 4.90 Å². The quantitative estimate of drug-likeness (QED) is 0.895. The summed E-state index contributed by atoms with van der Waals surface area (Å²) in [5.74, 6) is -0.765. The first-order chi connectivity index (χ1) is 8.99. The Morgan fingerprint density at radius 1 is 1.42 bits per heavy atom. The monoisotopic (exact) mass is 344 g/mol. The molecule has 1 aromatic rings. The average Bonchev–Trinajstić information content (AvgIpc) is 2.41. The Kier molecular flexibility index (Phi) is 4.47. The fourth-order valence-electron chi connectivity index (χ4n) is 2.23. The smallest absolute Gasteiger partial charge is 0.255 e. The number of nitrogens with zero attached hydrogens (tertiary/aromatic N) is 1. The molecular formula is C13H14BrClN2O2. The first-order valence-electron chi connectivity index (χ1n) is 6.02. The van der Waals surface area contributed by atoms with Gasteiger partial charge in [-0.3, -0.25) is 9.59 Å². The summed E-state index contributed by atoms with van der Waals surface area (Å²) in [5, 5.41) is 0.411. The van der Waals surface area contributed by atoms with Crippen LogP contribution in [0.15, 0.2) is 22.7 Å². The highest BCUT2D eigenvalue weighted by Crippen LogP contribution is 2.25. The molecule has 2 rings (SSSR count). The van der Waals surface area contributed by atoms with Gasteiger partial charge in [0.2, 0.25) is 5.91 Å². The van der Waals surface area contributed by atoms with Gasteiger partial charge >= 0.3 is 0 Å². The molecule has 19 heavy (non-hydrogen) atoms. The van der Waals surface area contributed by atoms with E-state index in [1.807, 2.05) is 0 Å². The Balaban J connectivity index is 2.19.